The molecule has 1 saturated heterocycles. The zero-order chi connectivity index (χ0) is 20.6. The third kappa shape index (κ3) is 5.88. The summed E-state index contributed by atoms with van der Waals surface area (Å²) in [5.41, 5.74) is 1.37. The first kappa shape index (κ1) is 20.5. The van der Waals surface area contributed by atoms with Gasteiger partial charge in [0.2, 0.25) is 11.8 Å². The number of hydrogen-bond acceptors (Lipinski definition) is 3. The van der Waals surface area contributed by atoms with E-state index in [0.717, 1.165) is 5.56 Å². The number of carbonyl (C=O) groups excluding carboxylic acids is 3. The lowest BCUT2D eigenvalue weighted by Crippen LogP contribution is -2.51. The van der Waals surface area contributed by atoms with Crippen molar-refractivity contribution in [3.63, 3.8) is 0 Å². The van der Waals surface area contributed by atoms with Crippen LogP contribution in [0.2, 0.25) is 0 Å². The minimum Gasteiger partial charge on any atom is -0.355 e. The first-order valence-corrected chi connectivity index (χ1v) is 9.66. The second-order valence-electron chi connectivity index (χ2n) is 6.94. The number of hydrogen-bond donors (Lipinski definition) is 1. The molecular weight excluding hydrogens is 373 g/mol. The molecule has 1 heterocycles. The number of nitrogens with one attached hydrogen (secondary N) is 1. The minimum atomic E-state index is -0.382. The third-order valence-corrected chi connectivity index (χ3v) is 4.88. The third-order valence-electron chi connectivity index (χ3n) is 4.88. The van der Waals surface area contributed by atoms with E-state index in [1.807, 2.05) is 30.3 Å². The van der Waals surface area contributed by atoms with E-state index in [-0.39, 0.29) is 30.0 Å². The predicted octanol–water partition coefficient (Wildman–Crippen LogP) is 1.86. The Morgan fingerprint density at radius 2 is 1.48 bits per heavy atom. The molecule has 0 spiro atoms. The fourth-order valence-electron chi connectivity index (χ4n) is 3.24. The summed E-state index contributed by atoms with van der Waals surface area (Å²) < 4.78 is 13.0. The Balaban J connectivity index is 1.38. The maximum absolute atomic E-state index is 13.0. The zero-order valence-electron chi connectivity index (χ0n) is 16.1. The van der Waals surface area contributed by atoms with Crippen LogP contribution in [-0.2, 0) is 16.0 Å². The summed E-state index contributed by atoms with van der Waals surface area (Å²) in [6, 6.07) is 14.9. The van der Waals surface area contributed by atoms with Crippen LogP contribution in [0, 0.1) is 5.82 Å². The first-order valence-electron chi connectivity index (χ1n) is 9.66. The molecule has 2 aromatic carbocycles. The maximum atomic E-state index is 13.0. The quantitative estimate of drug-likeness (QED) is 0.809. The number of piperazine rings is 1. The lowest BCUT2D eigenvalue weighted by Gasteiger charge is -2.35. The van der Waals surface area contributed by atoms with Crippen LogP contribution in [0.25, 0.3) is 0 Å². The fraction of sp³-hybridized carbons (Fsp3) is 0.318. The van der Waals surface area contributed by atoms with E-state index < -0.39 is 0 Å². The Morgan fingerprint density at radius 1 is 0.862 bits per heavy atom. The van der Waals surface area contributed by atoms with Crippen molar-refractivity contribution in [1.29, 1.82) is 0 Å². The van der Waals surface area contributed by atoms with Gasteiger partial charge in [-0.15, -0.1) is 0 Å². The molecule has 7 heteroatoms. The average Bonchev–Trinajstić information content (AvgIpc) is 2.74. The first-order chi connectivity index (χ1) is 14.0. The highest BCUT2D eigenvalue weighted by molar-refractivity contribution is 5.94. The van der Waals surface area contributed by atoms with Crippen molar-refractivity contribution in [2.24, 2.45) is 0 Å². The average molecular weight is 397 g/mol. The molecule has 0 atom stereocenters. The summed E-state index contributed by atoms with van der Waals surface area (Å²) >= 11 is 0. The molecule has 1 N–H and O–H groups in total. The van der Waals surface area contributed by atoms with Crippen LogP contribution in [0.1, 0.15) is 22.3 Å². The van der Waals surface area contributed by atoms with E-state index in [9.17, 15) is 18.8 Å². The van der Waals surface area contributed by atoms with Crippen molar-refractivity contribution in [2.75, 3.05) is 32.7 Å². The summed E-state index contributed by atoms with van der Waals surface area (Å²) in [5, 5.41) is 2.77. The standard InChI is InChI=1S/C22H24FN3O3/c23-19-8-6-18(7-9-19)22(29)26-14-12-25(13-15-26)21(28)10-11-24-20(27)16-17-4-2-1-3-5-17/h1-9H,10-16H2,(H,24,27). The van der Waals surface area contributed by atoms with Crippen LogP contribution >= 0.6 is 0 Å². The molecule has 0 unspecified atom stereocenters. The number of halogens is 1. The summed E-state index contributed by atoms with van der Waals surface area (Å²) in [6.07, 6.45) is 0.519. The van der Waals surface area contributed by atoms with Gasteiger partial charge in [0.1, 0.15) is 5.82 Å². The van der Waals surface area contributed by atoms with Gasteiger partial charge >= 0.3 is 0 Å². The van der Waals surface area contributed by atoms with Crippen LogP contribution < -0.4 is 5.32 Å². The highest BCUT2D eigenvalue weighted by Crippen LogP contribution is 2.10. The molecule has 0 aliphatic carbocycles. The molecule has 29 heavy (non-hydrogen) atoms. The summed E-state index contributed by atoms with van der Waals surface area (Å²) in [6.45, 7) is 2.05. The molecule has 152 valence electrons. The van der Waals surface area contributed by atoms with Gasteiger partial charge in [-0.05, 0) is 29.8 Å². The maximum Gasteiger partial charge on any atom is 0.253 e. The van der Waals surface area contributed by atoms with Gasteiger partial charge < -0.3 is 15.1 Å². The lowest BCUT2D eigenvalue weighted by molar-refractivity contribution is -0.132. The van der Waals surface area contributed by atoms with Crippen molar-refractivity contribution in [1.82, 2.24) is 15.1 Å². The number of amides is 3. The molecule has 3 amide bonds. The molecule has 0 saturated carbocycles. The Hall–Kier alpha value is -3.22. The van der Waals surface area contributed by atoms with E-state index >= 15 is 0 Å². The minimum absolute atomic E-state index is 0.0427. The van der Waals surface area contributed by atoms with Crippen LogP contribution in [0.15, 0.2) is 54.6 Å². The summed E-state index contributed by atoms with van der Waals surface area (Å²) in [4.78, 5) is 40.1. The van der Waals surface area contributed by atoms with Gasteiger partial charge in [0.05, 0.1) is 6.42 Å². The molecule has 0 aromatic heterocycles. The Bertz CT molecular complexity index is 847. The van der Waals surface area contributed by atoms with E-state index in [2.05, 4.69) is 5.32 Å². The van der Waals surface area contributed by atoms with Gasteiger partial charge in [-0.2, -0.15) is 0 Å². The van der Waals surface area contributed by atoms with Crippen molar-refractivity contribution in [2.45, 2.75) is 12.8 Å². The Morgan fingerprint density at radius 3 is 2.14 bits per heavy atom. The largest absolute Gasteiger partial charge is 0.355 e. The van der Waals surface area contributed by atoms with Gasteiger partial charge in [0.15, 0.2) is 0 Å². The molecular formula is C22H24FN3O3. The topological polar surface area (TPSA) is 69.7 Å². The monoisotopic (exact) mass is 397 g/mol. The number of nitrogens with zero attached hydrogens (tertiary/aromatic N) is 2. The van der Waals surface area contributed by atoms with E-state index in [1.165, 1.54) is 24.3 Å². The summed E-state index contributed by atoms with van der Waals surface area (Å²) in [5.74, 6) is -0.698. The summed E-state index contributed by atoms with van der Waals surface area (Å²) in [7, 11) is 0. The van der Waals surface area contributed by atoms with Gasteiger partial charge in [-0.3, -0.25) is 14.4 Å². The van der Waals surface area contributed by atoms with Crippen LogP contribution in [0.4, 0.5) is 4.39 Å². The van der Waals surface area contributed by atoms with Gasteiger partial charge in [0, 0.05) is 44.7 Å². The molecule has 2 aromatic rings. The molecule has 1 aliphatic heterocycles. The SMILES string of the molecule is O=C(Cc1ccccc1)NCCC(=O)N1CCN(C(=O)c2ccc(F)cc2)CC1. The highest BCUT2D eigenvalue weighted by Gasteiger charge is 2.24. The normalized spacial score (nSPS) is 13.8. The van der Waals surface area contributed by atoms with Gasteiger partial charge in [0.25, 0.3) is 5.91 Å². The number of rotatable bonds is 6. The fourth-order valence-corrected chi connectivity index (χ4v) is 3.24. The molecule has 0 bridgehead atoms. The molecule has 6 nitrogen and oxygen atoms in total. The van der Waals surface area contributed by atoms with Gasteiger partial charge in [-0.25, -0.2) is 4.39 Å². The molecule has 3 rings (SSSR count). The molecule has 1 fully saturated rings. The van der Waals surface area contributed by atoms with E-state index in [0.29, 0.717) is 44.7 Å². The lowest BCUT2D eigenvalue weighted by atomic mass is 10.1. The van der Waals surface area contributed by atoms with Gasteiger partial charge in [-0.1, -0.05) is 30.3 Å². The number of carbonyl (C=O) groups is 3. The highest BCUT2D eigenvalue weighted by atomic mass is 19.1. The Kier molecular flexibility index (Phi) is 6.94. The van der Waals surface area contributed by atoms with Crippen molar-refractivity contribution in [3.8, 4) is 0 Å². The van der Waals surface area contributed by atoms with Crippen LogP contribution in [0.5, 0.6) is 0 Å². The van der Waals surface area contributed by atoms with Crippen molar-refractivity contribution < 1.29 is 18.8 Å². The number of benzene rings is 2. The van der Waals surface area contributed by atoms with Crippen molar-refractivity contribution >= 4 is 17.7 Å². The van der Waals surface area contributed by atoms with Crippen LogP contribution in [0.3, 0.4) is 0 Å². The van der Waals surface area contributed by atoms with E-state index in [1.54, 1.807) is 9.80 Å². The Labute approximate surface area is 169 Å². The smallest absolute Gasteiger partial charge is 0.253 e. The van der Waals surface area contributed by atoms with Crippen LogP contribution in [-0.4, -0.2) is 60.2 Å². The molecule has 0 radical (unpaired) electrons. The second kappa shape index (κ2) is 9.82. The second-order valence-corrected chi connectivity index (χ2v) is 6.94. The zero-order valence-corrected chi connectivity index (χ0v) is 16.1. The predicted molar refractivity (Wildman–Crippen MR) is 107 cm³/mol. The molecule has 1 aliphatic rings. The van der Waals surface area contributed by atoms with E-state index in [4.69, 9.17) is 0 Å². The van der Waals surface area contributed by atoms with Crippen molar-refractivity contribution in [3.05, 3.63) is 71.5 Å².